The van der Waals surface area contributed by atoms with E-state index in [0.29, 0.717) is 37.6 Å². The van der Waals surface area contributed by atoms with Gasteiger partial charge >= 0.3 is 0 Å². The third kappa shape index (κ3) is 5.77. The zero-order chi connectivity index (χ0) is 22.4. The molecule has 0 radical (unpaired) electrons. The molecule has 9 heteroatoms. The molecule has 168 valence electrons. The van der Waals surface area contributed by atoms with Crippen LogP contribution in [0.1, 0.15) is 29.4 Å². The van der Waals surface area contributed by atoms with Gasteiger partial charge in [-0.15, -0.1) is 0 Å². The number of carbonyl (C=O) groups is 1. The number of phenols is 1. The highest BCUT2D eigenvalue weighted by Gasteiger charge is 2.26. The molecule has 0 bridgehead atoms. The molecule has 1 aliphatic rings. The fourth-order valence-electron chi connectivity index (χ4n) is 3.57. The number of hydrogen-bond donors (Lipinski definition) is 3. The van der Waals surface area contributed by atoms with E-state index in [1.165, 1.54) is 19.2 Å². The predicted octanol–water partition coefficient (Wildman–Crippen LogP) is 1.34. The summed E-state index contributed by atoms with van der Waals surface area (Å²) in [4.78, 5) is 27.0. The Balaban J connectivity index is 1.81. The van der Waals surface area contributed by atoms with E-state index in [1.54, 1.807) is 19.1 Å². The molecule has 0 saturated carbocycles. The van der Waals surface area contributed by atoms with Crippen LogP contribution in [0.5, 0.6) is 17.2 Å². The van der Waals surface area contributed by atoms with Crippen LogP contribution in [0.15, 0.2) is 33.5 Å². The van der Waals surface area contributed by atoms with Crippen molar-refractivity contribution in [3.63, 3.8) is 0 Å². The molecule has 1 saturated heterocycles. The van der Waals surface area contributed by atoms with E-state index in [-0.39, 0.29) is 29.6 Å². The molecule has 9 nitrogen and oxygen atoms in total. The summed E-state index contributed by atoms with van der Waals surface area (Å²) in [6.45, 7) is 5.80. The van der Waals surface area contributed by atoms with Crippen LogP contribution in [-0.4, -0.2) is 67.5 Å². The molecule has 0 aliphatic carbocycles. The monoisotopic (exact) mass is 432 g/mol. The molecule has 0 unspecified atom stereocenters. The fourth-order valence-corrected chi connectivity index (χ4v) is 3.57. The van der Waals surface area contributed by atoms with Gasteiger partial charge in [0.15, 0.2) is 17.3 Å². The molecule has 31 heavy (non-hydrogen) atoms. The van der Waals surface area contributed by atoms with Crippen molar-refractivity contribution in [3.05, 3.63) is 51.6 Å². The molecule has 0 spiro atoms. The summed E-state index contributed by atoms with van der Waals surface area (Å²) in [7, 11) is 1.41. The van der Waals surface area contributed by atoms with Gasteiger partial charge in [-0.3, -0.25) is 14.5 Å². The van der Waals surface area contributed by atoms with Gasteiger partial charge in [0.25, 0.3) is 0 Å². The molecule has 1 aliphatic heterocycles. The molecule has 1 atom stereocenters. The lowest BCUT2D eigenvalue weighted by molar-refractivity contribution is -0.121. The average Bonchev–Trinajstić information content (AvgIpc) is 2.76. The Kier molecular flexibility index (Phi) is 7.54. The van der Waals surface area contributed by atoms with E-state index in [9.17, 15) is 19.8 Å². The van der Waals surface area contributed by atoms with E-state index in [1.807, 2.05) is 0 Å². The van der Waals surface area contributed by atoms with Crippen molar-refractivity contribution in [3.8, 4) is 17.2 Å². The Morgan fingerprint density at radius 3 is 2.71 bits per heavy atom. The molecule has 1 aromatic carbocycles. The summed E-state index contributed by atoms with van der Waals surface area (Å²) in [6.07, 6.45) is -0.0585. The molecule has 2 heterocycles. The van der Waals surface area contributed by atoms with Crippen molar-refractivity contribution in [2.45, 2.75) is 19.3 Å². The number of nitrogens with zero attached hydrogens (tertiary/aromatic N) is 1. The second-order valence-corrected chi connectivity index (χ2v) is 7.43. The van der Waals surface area contributed by atoms with Crippen molar-refractivity contribution in [1.29, 1.82) is 0 Å². The van der Waals surface area contributed by atoms with Crippen LogP contribution in [0.3, 0.4) is 0 Å². The number of benzene rings is 1. The van der Waals surface area contributed by atoms with Crippen molar-refractivity contribution < 1.29 is 28.9 Å². The molecular formula is C22H28N2O7. The Labute approximate surface area is 180 Å². The summed E-state index contributed by atoms with van der Waals surface area (Å²) in [5, 5.41) is 23.2. The Morgan fingerprint density at radius 1 is 1.26 bits per heavy atom. The van der Waals surface area contributed by atoms with Gasteiger partial charge in [0, 0.05) is 38.7 Å². The number of amides is 1. The molecule has 1 aromatic heterocycles. The second-order valence-electron chi connectivity index (χ2n) is 7.43. The number of aryl methyl sites for hydroxylation is 1. The van der Waals surface area contributed by atoms with Crippen molar-refractivity contribution in [1.82, 2.24) is 10.2 Å². The minimum Gasteiger partial charge on any atom is -0.504 e. The van der Waals surface area contributed by atoms with Crippen LogP contribution in [0.25, 0.3) is 0 Å². The predicted molar refractivity (Wildman–Crippen MR) is 113 cm³/mol. The maximum absolute atomic E-state index is 12.7. The molecule has 1 amide bonds. The van der Waals surface area contributed by atoms with E-state index in [4.69, 9.17) is 13.9 Å². The maximum Gasteiger partial charge on any atom is 0.227 e. The van der Waals surface area contributed by atoms with Gasteiger partial charge in [0.2, 0.25) is 17.1 Å². The first-order valence-electron chi connectivity index (χ1n) is 10.2. The minimum absolute atomic E-state index is 0.000993. The van der Waals surface area contributed by atoms with Crippen LogP contribution in [0, 0.1) is 6.92 Å². The summed E-state index contributed by atoms with van der Waals surface area (Å²) < 4.78 is 16.1. The Morgan fingerprint density at radius 2 is 2.00 bits per heavy atom. The van der Waals surface area contributed by atoms with Gasteiger partial charge in [-0.2, -0.15) is 0 Å². The van der Waals surface area contributed by atoms with Gasteiger partial charge in [-0.1, -0.05) is 6.07 Å². The van der Waals surface area contributed by atoms with Gasteiger partial charge < -0.3 is 29.4 Å². The first-order valence-corrected chi connectivity index (χ1v) is 10.2. The Hall–Kier alpha value is -3.04. The van der Waals surface area contributed by atoms with Gasteiger partial charge in [0.05, 0.1) is 26.2 Å². The van der Waals surface area contributed by atoms with Gasteiger partial charge in [-0.25, -0.2) is 0 Å². The molecule has 3 N–H and O–H groups in total. The van der Waals surface area contributed by atoms with E-state index < -0.39 is 17.1 Å². The SMILES string of the molecule is COc1cc([C@@H](CC(=O)NCCN2CCOCC2)c2oc(C)cc(=O)c2O)ccc1O. The highest BCUT2D eigenvalue weighted by atomic mass is 16.5. The lowest BCUT2D eigenvalue weighted by atomic mass is 9.91. The summed E-state index contributed by atoms with van der Waals surface area (Å²) in [5.41, 5.74) is -0.0238. The first kappa shape index (κ1) is 22.6. The van der Waals surface area contributed by atoms with Crippen molar-refractivity contribution >= 4 is 5.91 Å². The lowest BCUT2D eigenvalue weighted by Crippen LogP contribution is -2.41. The van der Waals surface area contributed by atoms with E-state index >= 15 is 0 Å². The zero-order valence-electron chi connectivity index (χ0n) is 17.7. The van der Waals surface area contributed by atoms with Gasteiger partial charge in [-0.05, 0) is 24.6 Å². The van der Waals surface area contributed by atoms with E-state index in [0.717, 1.165) is 13.1 Å². The third-order valence-corrected chi connectivity index (χ3v) is 5.24. The molecule has 2 aromatic rings. The fraction of sp³-hybridized carbons (Fsp3) is 0.455. The number of methoxy groups -OCH3 is 1. The quantitative estimate of drug-likeness (QED) is 0.571. The number of nitrogens with one attached hydrogen (secondary N) is 1. The third-order valence-electron chi connectivity index (χ3n) is 5.24. The normalized spacial score (nSPS) is 15.4. The van der Waals surface area contributed by atoms with Crippen molar-refractivity contribution in [2.75, 3.05) is 46.5 Å². The minimum atomic E-state index is -0.745. The highest BCUT2D eigenvalue weighted by molar-refractivity contribution is 5.77. The second kappa shape index (κ2) is 10.3. The number of aromatic hydroxyl groups is 2. The van der Waals surface area contributed by atoms with Crippen LogP contribution < -0.4 is 15.5 Å². The van der Waals surface area contributed by atoms with Crippen LogP contribution >= 0.6 is 0 Å². The molecule has 1 fully saturated rings. The molecular weight excluding hydrogens is 404 g/mol. The summed E-state index contributed by atoms with van der Waals surface area (Å²) >= 11 is 0. The maximum atomic E-state index is 12.7. The number of rotatable bonds is 8. The number of morpholine rings is 1. The lowest BCUT2D eigenvalue weighted by Gasteiger charge is -2.26. The highest BCUT2D eigenvalue weighted by Crippen LogP contribution is 2.37. The Bertz CT molecular complexity index is 967. The summed E-state index contributed by atoms with van der Waals surface area (Å²) in [5.74, 6) is -1.06. The smallest absolute Gasteiger partial charge is 0.227 e. The van der Waals surface area contributed by atoms with Crippen LogP contribution in [0.4, 0.5) is 0 Å². The standard InChI is InChI=1S/C22H28N2O7/c1-14-11-18(26)21(28)22(31-14)16(15-3-4-17(25)19(12-15)29-2)13-20(27)23-5-6-24-7-9-30-10-8-24/h3-4,11-12,16,25,28H,5-10,13H2,1-2H3,(H,23,27)/t16-/m1/s1. The van der Waals surface area contributed by atoms with E-state index in [2.05, 4.69) is 10.2 Å². The largest absolute Gasteiger partial charge is 0.504 e. The zero-order valence-corrected chi connectivity index (χ0v) is 17.7. The number of phenolic OH excluding ortho intramolecular Hbond substituents is 1. The average molecular weight is 432 g/mol. The van der Waals surface area contributed by atoms with Crippen LogP contribution in [-0.2, 0) is 9.53 Å². The van der Waals surface area contributed by atoms with Crippen molar-refractivity contribution in [2.24, 2.45) is 0 Å². The van der Waals surface area contributed by atoms with Crippen LogP contribution in [0.2, 0.25) is 0 Å². The number of ether oxygens (including phenoxy) is 2. The topological polar surface area (TPSA) is 121 Å². The number of carbonyl (C=O) groups excluding carboxylic acids is 1. The number of hydrogen-bond acceptors (Lipinski definition) is 8. The molecule has 3 rings (SSSR count). The summed E-state index contributed by atoms with van der Waals surface area (Å²) in [6, 6.07) is 5.78. The van der Waals surface area contributed by atoms with Gasteiger partial charge in [0.1, 0.15) is 5.76 Å². The first-order chi connectivity index (χ1) is 14.9.